The summed E-state index contributed by atoms with van der Waals surface area (Å²) >= 11 is 0. The fraction of sp³-hybridized carbons (Fsp3) is 0.917. The number of carboxylic acid groups (broad SMARTS) is 1. The van der Waals surface area contributed by atoms with Crippen LogP contribution >= 0.6 is 0 Å². The Morgan fingerprint density at radius 3 is 2.62 bits per heavy atom. The van der Waals surface area contributed by atoms with Crippen LogP contribution < -0.4 is 5.32 Å². The molecule has 1 aliphatic heterocycles. The zero-order valence-corrected chi connectivity index (χ0v) is 10.4. The van der Waals surface area contributed by atoms with E-state index in [2.05, 4.69) is 17.3 Å². The molecule has 2 N–H and O–H groups in total. The van der Waals surface area contributed by atoms with Gasteiger partial charge in [0.05, 0.1) is 5.92 Å². The predicted octanol–water partition coefficient (Wildman–Crippen LogP) is 1.03. The van der Waals surface area contributed by atoms with Gasteiger partial charge in [0.1, 0.15) is 0 Å². The summed E-state index contributed by atoms with van der Waals surface area (Å²) in [5, 5.41) is 12.2. The van der Waals surface area contributed by atoms with Crippen LogP contribution in [0.2, 0.25) is 0 Å². The van der Waals surface area contributed by atoms with Crippen LogP contribution in [-0.4, -0.2) is 49.2 Å². The number of carbonyl (C=O) groups is 1. The number of carboxylic acids is 1. The summed E-state index contributed by atoms with van der Waals surface area (Å²) in [6, 6.07) is 0. The summed E-state index contributed by atoms with van der Waals surface area (Å²) < 4.78 is 0. The van der Waals surface area contributed by atoms with Crippen molar-refractivity contribution in [3.05, 3.63) is 0 Å². The Morgan fingerprint density at radius 2 is 2.12 bits per heavy atom. The molecule has 0 spiro atoms. The molecule has 0 amide bonds. The number of nitrogens with zero attached hydrogens (tertiary/aromatic N) is 1. The standard InChI is InChI=1S/C12H24N2O2/c1-3-11(12(15)16)9-13-8-10-4-6-14(2)7-5-10/h10-11,13H,3-9H2,1-2H3,(H,15,16). The van der Waals surface area contributed by atoms with E-state index >= 15 is 0 Å². The van der Waals surface area contributed by atoms with Crippen molar-refractivity contribution in [2.24, 2.45) is 11.8 Å². The molecule has 0 aromatic heterocycles. The molecule has 0 saturated carbocycles. The monoisotopic (exact) mass is 228 g/mol. The zero-order chi connectivity index (χ0) is 12.0. The second-order valence-corrected chi connectivity index (χ2v) is 4.85. The van der Waals surface area contributed by atoms with E-state index in [1.54, 1.807) is 0 Å². The summed E-state index contributed by atoms with van der Waals surface area (Å²) in [6.07, 6.45) is 3.16. The molecule has 0 radical (unpaired) electrons. The van der Waals surface area contributed by atoms with Crippen LogP contribution in [0.3, 0.4) is 0 Å². The van der Waals surface area contributed by atoms with E-state index in [0.717, 1.165) is 12.5 Å². The lowest BCUT2D eigenvalue weighted by Gasteiger charge is -2.29. The molecular weight excluding hydrogens is 204 g/mol. The van der Waals surface area contributed by atoms with Crippen molar-refractivity contribution in [1.29, 1.82) is 0 Å². The first-order chi connectivity index (χ1) is 7.63. The Balaban J connectivity index is 2.12. The Kier molecular flexibility index (Phi) is 5.77. The average molecular weight is 228 g/mol. The van der Waals surface area contributed by atoms with Crippen LogP contribution in [0.1, 0.15) is 26.2 Å². The van der Waals surface area contributed by atoms with E-state index in [4.69, 9.17) is 5.11 Å². The molecule has 1 rings (SSSR count). The second-order valence-electron chi connectivity index (χ2n) is 4.85. The van der Waals surface area contributed by atoms with Gasteiger partial charge >= 0.3 is 5.97 Å². The maximum absolute atomic E-state index is 10.8. The molecule has 4 nitrogen and oxygen atoms in total. The fourth-order valence-corrected chi connectivity index (χ4v) is 2.13. The van der Waals surface area contributed by atoms with Crippen molar-refractivity contribution in [1.82, 2.24) is 10.2 Å². The molecule has 94 valence electrons. The van der Waals surface area contributed by atoms with Crippen molar-refractivity contribution < 1.29 is 9.90 Å². The van der Waals surface area contributed by atoms with Gasteiger partial charge in [0.2, 0.25) is 0 Å². The van der Waals surface area contributed by atoms with E-state index in [9.17, 15) is 4.79 Å². The van der Waals surface area contributed by atoms with Crippen molar-refractivity contribution >= 4 is 5.97 Å². The molecular formula is C12H24N2O2. The van der Waals surface area contributed by atoms with Gasteiger partial charge in [-0.3, -0.25) is 4.79 Å². The SMILES string of the molecule is CCC(CNCC1CCN(C)CC1)C(=O)O. The molecule has 1 unspecified atom stereocenters. The smallest absolute Gasteiger partial charge is 0.307 e. The quantitative estimate of drug-likeness (QED) is 0.713. The third-order valence-corrected chi connectivity index (χ3v) is 3.50. The fourth-order valence-electron chi connectivity index (χ4n) is 2.13. The molecule has 1 fully saturated rings. The van der Waals surface area contributed by atoms with Crippen molar-refractivity contribution in [3.8, 4) is 0 Å². The molecule has 1 aliphatic rings. The number of hydrogen-bond donors (Lipinski definition) is 2. The van der Waals surface area contributed by atoms with E-state index in [0.29, 0.717) is 13.0 Å². The molecule has 0 aromatic carbocycles. The molecule has 0 aromatic rings. The normalized spacial score (nSPS) is 20.9. The third kappa shape index (κ3) is 4.49. The Bertz CT molecular complexity index is 213. The summed E-state index contributed by atoms with van der Waals surface area (Å²) in [5.74, 6) is -0.188. The highest BCUT2D eigenvalue weighted by molar-refractivity contribution is 5.70. The third-order valence-electron chi connectivity index (χ3n) is 3.50. The molecule has 16 heavy (non-hydrogen) atoms. The molecule has 1 saturated heterocycles. The minimum Gasteiger partial charge on any atom is -0.481 e. The van der Waals surface area contributed by atoms with Gasteiger partial charge in [-0.15, -0.1) is 0 Å². The second kappa shape index (κ2) is 6.86. The first kappa shape index (κ1) is 13.5. The molecule has 1 heterocycles. The van der Waals surface area contributed by atoms with Crippen LogP contribution in [0, 0.1) is 11.8 Å². The minimum atomic E-state index is -0.682. The summed E-state index contributed by atoms with van der Waals surface area (Å²) in [4.78, 5) is 13.2. The largest absolute Gasteiger partial charge is 0.481 e. The number of piperidine rings is 1. The van der Waals surface area contributed by atoms with Crippen molar-refractivity contribution in [3.63, 3.8) is 0 Å². The van der Waals surface area contributed by atoms with Gasteiger partial charge in [-0.1, -0.05) is 6.92 Å². The van der Waals surface area contributed by atoms with Gasteiger partial charge in [-0.05, 0) is 51.9 Å². The maximum Gasteiger partial charge on any atom is 0.307 e. The number of aliphatic carboxylic acids is 1. The first-order valence-electron chi connectivity index (χ1n) is 6.25. The van der Waals surface area contributed by atoms with Gasteiger partial charge in [0, 0.05) is 6.54 Å². The Morgan fingerprint density at radius 1 is 1.50 bits per heavy atom. The first-order valence-corrected chi connectivity index (χ1v) is 6.25. The van der Waals surface area contributed by atoms with Crippen molar-refractivity contribution in [2.75, 3.05) is 33.2 Å². The van der Waals surface area contributed by atoms with Gasteiger partial charge in [0.15, 0.2) is 0 Å². The number of rotatable bonds is 6. The summed E-state index contributed by atoms with van der Waals surface area (Å²) in [6.45, 7) is 5.84. The Hall–Kier alpha value is -0.610. The van der Waals surface area contributed by atoms with Crippen LogP contribution in [0.4, 0.5) is 0 Å². The summed E-state index contributed by atoms with van der Waals surface area (Å²) in [7, 11) is 2.15. The summed E-state index contributed by atoms with van der Waals surface area (Å²) in [5.41, 5.74) is 0. The number of nitrogens with one attached hydrogen (secondary N) is 1. The number of likely N-dealkylation sites (tertiary alicyclic amines) is 1. The van der Waals surface area contributed by atoms with Crippen LogP contribution in [-0.2, 0) is 4.79 Å². The molecule has 0 bridgehead atoms. The van der Waals surface area contributed by atoms with Gasteiger partial charge in [0.25, 0.3) is 0 Å². The lowest BCUT2D eigenvalue weighted by molar-refractivity contribution is -0.141. The van der Waals surface area contributed by atoms with Gasteiger partial charge in [-0.25, -0.2) is 0 Å². The predicted molar refractivity (Wildman–Crippen MR) is 64.5 cm³/mol. The highest BCUT2D eigenvalue weighted by atomic mass is 16.4. The molecule has 4 heteroatoms. The van der Waals surface area contributed by atoms with Gasteiger partial charge < -0.3 is 15.3 Å². The lowest BCUT2D eigenvalue weighted by Crippen LogP contribution is -2.37. The van der Waals surface area contributed by atoms with Crippen LogP contribution in [0.15, 0.2) is 0 Å². The zero-order valence-electron chi connectivity index (χ0n) is 10.4. The van der Waals surface area contributed by atoms with Crippen molar-refractivity contribution in [2.45, 2.75) is 26.2 Å². The lowest BCUT2D eigenvalue weighted by atomic mass is 9.97. The topological polar surface area (TPSA) is 52.6 Å². The van der Waals surface area contributed by atoms with Crippen LogP contribution in [0.25, 0.3) is 0 Å². The van der Waals surface area contributed by atoms with E-state index in [1.165, 1.54) is 25.9 Å². The van der Waals surface area contributed by atoms with E-state index in [-0.39, 0.29) is 5.92 Å². The van der Waals surface area contributed by atoms with Crippen LogP contribution in [0.5, 0.6) is 0 Å². The van der Waals surface area contributed by atoms with E-state index < -0.39 is 5.97 Å². The van der Waals surface area contributed by atoms with E-state index in [1.807, 2.05) is 6.92 Å². The van der Waals surface area contributed by atoms with Gasteiger partial charge in [-0.2, -0.15) is 0 Å². The number of hydrogen-bond acceptors (Lipinski definition) is 3. The average Bonchev–Trinajstić information content (AvgIpc) is 2.26. The maximum atomic E-state index is 10.8. The molecule has 1 atom stereocenters. The highest BCUT2D eigenvalue weighted by Gasteiger charge is 2.18. The highest BCUT2D eigenvalue weighted by Crippen LogP contribution is 2.14. The molecule has 0 aliphatic carbocycles. The Labute approximate surface area is 98.0 Å². The minimum absolute atomic E-state index is 0.230.